The molecule has 0 aromatic carbocycles. The van der Waals surface area contributed by atoms with Gasteiger partial charge in [0.25, 0.3) is 5.91 Å². The van der Waals surface area contributed by atoms with Crippen molar-refractivity contribution >= 4 is 28.8 Å². The number of aryl methyl sites for hydroxylation is 2. The monoisotopic (exact) mass is 297 g/mol. The van der Waals surface area contributed by atoms with Gasteiger partial charge in [-0.25, -0.2) is 0 Å². The minimum atomic E-state index is 0.231. The average Bonchev–Trinajstić information content (AvgIpc) is 2.90. The molecular weight excluding hydrogens is 278 g/mol. The van der Waals surface area contributed by atoms with Gasteiger partial charge in [0.1, 0.15) is 0 Å². The number of nitrogens with zero attached hydrogens (tertiary/aromatic N) is 1. The number of piperidine rings is 1. The zero-order valence-corrected chi connectivity index (χ0v) is 12.7. The van der Waals surface area contributed by atoms with Gasteiger partial charge in [0, 0.05) is 23.8 Å². The number of thiophene rings is 1. The fraction of sp³-hybridized carbons (Fsp3) is 0.667. The van der Waals surface area contributed by atoms with E-state index in [2.05, 4.69) is 6.07 Å². The molecule has 1 unspecified atom stereocenters. The maximum absolute atomic E-state index is 12.6. The van der Waals surface area contributed by atoms with Crippen LogP contribution in [-0.2, 0) is 12.8 Å². The number of alkyl halides is 1. The van der Waals surface area contributed by atoms with Crippen molar-refractivity contribution in [3.63, 3.8) is 0 Å². The molecule has 2 nitrogen and oxygen atoms in total. The fourth-order valence-corrected chi connectivity index (χ4v) is 4.60. The lowest BCUT2D eigenvalue weighted by Crippen LogP contribution is -2.40. The number of hydrogen-bond acceptors (Lipinski definition) is 2. The van der Waals surface area contributed by atoms with E-state index in [1.54, 1.807) is 11.3 Å². The summed E-state index contributed by atoms with van der Waals surface area (Å²) in [5.74, 6) is 1.38. The average molecular weight is 298 g/mol. The molecule has 1 atom stereocenters. The number of amides is 1. The zero-order valence-electron chi connectivity index (χ0n) is 11.2. The van der Waals surface area contributed by atoms with Gasteiger partial charge in [-0.2, -0.15) is 0 Å². The molecule has 4 heteroatoms. The van der Waals surface area contributed by atoms with E-state index < -0.39 is 0 Å². The Morgan fingerprint density at radius 1 is 1.37 bits per heavy atom. The van der Waals surface area contributed by atoms with E-state index in [1.807, 2.05) is 4.90 Å². The van der Waals surface area contributed by atoms with Crippen LogP contribution in [0.1, 0.15) is 45.8 Å². The zero-order chi connectivity index (χ0) is 13.2. The molecule has 1 fully saturated rings. The first kappa shape index (κ1) is 13.4. The Hall–Kier alpha value is -0.540. The number of likely N-dealkylation sites (tertiary alicyclic amines) is 1. The first-order chi connectivity index (χ1) is 9.28. The van der Waals surface area contributed by atoms with Gasteiger partial charge in [-0.1, -0.05) is 0 Å². The second kappa shape index (κ2) is 5.84. The van der Waals surface area contributed by atoms with Crippen molar-refractivity contribution in [2.75, 3.05) is 19.0 Å². The van der Waals surface area contributed by atoms with Gasteiger partial charge < -0.3 is 4.90 Å². The number of carbonyl (C=O) groups excluding carboxylic acids is 1. The second-order valence-electron chi connectivity index (χ2n) is 5.68. The topological polar surface area (TPSA) is 20.3 Å². The van der Waals surface area contributed by atoms with Crippen LogP contribution in [0.2, 0.25) is 0 Å². The summed E-state index contributed by atoms with van der Waals surface area (Å²) in [7, 11) is 0. The van der Waals surface area contributed by atoms with E-state index in [9.17, 15) is 4.79 Å². The van der Waals surface area contributed by atoms with Crippen LogP contribution in [0.15, 0.2) is 6.07 Å². The Morgan fingerprint density at radius 2 is 2.21 bits per heavy atom. The summed E-state index contributed by atoms with van der Waals surface area (Å²) in [4.78, 5) is 17.0. The molecule has 2 heterocycles. The highest BCUT2D eigenvalue weighted by atomic mass is 35.5. The summed E-state index contributed by atoms with van der Waals surface area (Å²) in [6, 6.07) is 2.14. The van der Waals surface area contributed by atoms with E-state index in [1.165, 1.54) is 23.3 Å². The molecule has 0 radical (unpaired) electrons. The molecule has 19 heavy (non-hydrogen) atoms. The number of fused-ring (bicyclic) bond motifs is 1. The maximum Gasteiger partial charge on any atom is 0.263 e. The van der Waals surface area contributed by atoms with Crippen LogP contribution in [0.25, 0.3) is 0 Å². The minimum Gasteiger partial charge on any atom is -0.338 e. The van der Waals surface area contributed by atoms with Gasteiger partial charge in [-0.05, 0) is 56.1 Å². The third-order valence-electron chi connectivity index (χ3n) is 4.23. The van der Waals surface area contributed by atoms with Crippen molar-refractivity contribution in [1.82, 2.24) is 4.90 Å². The molecule has 104 valence electrons. The Morgan fingerprint density at radius 3 is 3.00 bits per heavy atom. The predicted molar refractivity (Wildman–Crippen MR) is 80.3 cm³/mol. The number of halogens is 1. The molecule has 0 bridgehead atoms. The number of carbonyl (C=O) groups is 1. The van der Waals surface area contributed by atoms with Crippen molar-refractivity contribution < 1.29 is 4.79 Å². The van der Waals surface area contributed by atoms with Crippen LogP contribution in [0, 0.1) is 5.92 Å². The molecule has 0 spiro atoms. The SMILES string of the molecule is O=C(c1cc2c(s1)CCCC2)N1CCCC(CCl)C1. The van der Waals surface area contributed by atoms with Crippen molar-refractivity contribution in [2.24, 2.45) is 5.92 Å². The summed E-state index contributed by atoms with van der Waals surface area (Å²) >= 11 is 7.67. The molecular formula is C15H20ClNOS. The van der Waals surface area contributed by atoms with Crippen LogP contribution in [0.5, 0.6) is 0 Å². The maximum atomic E-state index is 12.6. The summed E-state index contributed by atoms with van der Waals surface area (Å²) < 4.78 is 0. The Balaban J connectivity index is 1.74. The molecule has 1 aliphatic heterocycles. The van der Waals surface area contributed by atoms with Crippen molar-refractivity contribution in [3.05, 3.63) is 21.4 Å². The first-order valence-electron chi connectivity index (χ1n) is 7.24. The predicted octanol–water partition coefficient (Wildman–Crippen LogP) is 3.72. The molecule has 3 rings (SSSR count). The van der Waals surface area contributed by atoms with Gasteiger partial charge in [0.2, 0.25) is 0 Å². The first-order valence-corrected chi connectivity index (χ1v) is 8.60. The summed E-state index contributed by atoms with van der Waals surface area (Å²) in [5, 5.41) is 0. The van der Waals surface area contributed by atoms with Crippen molar-refractivity contribution in [1.29, 1.82) is 0 Å². The number of hydrogen-bond donors (Lipinski definition) is 0. The Kier molecular flexibility index (Phi) is 4.13. The van der Waals surface area contributed by atoms with Crippen LogP contribution < -0.4 is 0 Å². The molecule has 0 saturated carbocycles. The van der Waals surface area contributed by atoms with Crippen molar-refractivity contribution in [3.8, 4) is 0 Å². The molecule has 0 N–H and O–H groups in total. The van der Waals surface area contributed by atoms with Gasteiger partial charge in [-0.15, -0.1) is 22.9 Å². The van der Waals surface area contributed by atoms with E-state index in [0.29, 0.717) is 11.8 Å². The number of rotatable bonds is 2. The molecule has 1 aromatic rings. The van der Waals surface area contributed by atoms with Gasteiger partial charge >= 0.3 is 0 Å². The smallest absolute Gasteiger partial charge is 0.263 e. The third-order valence-corrected chi connectivity index (χ3v) is 5.89. The van der Waals surface area contributed by atoms with Crippen molar-refractivity contribution in [2.45, 2.75) is 38.5 Å². The van der Waals surface area contributed by atoms with Gasteiger partial charge in [0.05, 0.1) is 4.88 Å². The quantitative estimate of drug-likeness (QED) is 0.762. The van der Waals surface area contributed by atoms with E-state index in [4.69, 9.17) is 11.6 Å². The van der Waals surface area contributed by atoms with Gasteiger partial charge in [-0.3, -0.25) is 4.79 Å². The Bertz CT molecular complexity index is 447. The van der Waals surface area contributed by atoms with Crippen LogP contribution >= 0.6 is 22.9 Å². The molecule has 1 aliphatic carbocycles. The van der Waals surface area contributed by atoms with E-state index >= 15 is 0 Å². The highest BCUT2D eigenvalue weighted by Gasteiger charge is 2.26. The van der Waals surface area contributed by atoms with Crippen LogP contribution in [0.4, 0.5) is 0 Å². The lowest BCUT2D eigenvalue weighted by Gasteiger charge is -2.31. The largest absolute Gasteiger partial charge is 0.338 e. The molecule has 1 aromatic heterocycles. The van der Waals surface area contributed by atoms with E-state index in [0.717, 1.165) is 43.6 Å². The lowest BCUT2D eigenvalue weighted by atomic mass is 9.98. The molecule has 1 amide bonds. The summed E-state index contributed by atoms with van der Waals surface area (Å²) in [6.07, 6.45) is 7.12. The van der Waals surface area contributed by atoms with Gasteiger partial charge in [0.15, 0.2) is 0 Å². The Labute approximate surface area is 123 Å². The van der Waals surface area contributed by atoms with Crippen LogP contribution in [-0.4, -0.2) is 29.8 Å². The highest BCUT2D eigenvalue weighted by Crippen LogP contribution is 2.31. The normalized spacial score (nSPS) is 23.2. The summed E-state index contributed by atoms with van der Waals surface area (Å²) in [6.45, 7) is 1.74. The van der Waals surface area contributed by atoms with E-state index in [-0.39, 0.29) is 5.91 Å². The summed E-state index contributed by atoms with van der Waals surface area (Å²) in [5.41, 5.74) is 1.42. The lowest BCUT2D eigenvalue weighted by molar-refractivity contribution is 0.0689. The molecule has 1 saturated heterocycles. The third kappa shape index (κ3) is 2.82. The second-order valence-corrected chi connectivity index (χ2v) is 7.13. The van der Waals surface area contributed by atoms with Crippen LogP contribution in [0.3, 0.4) is 0 Å². The fourth-order valence-electron chi connectivity index (χ4n) is 3.13. The molecule has 2 aliphatic rings. The highest BCUT2D eigenvalue weighted by molar-refractivity contribution is 7.14. The standard InChI is InChI=1S/C15H20ClNOS/c16-9-11-4-3-7-17(10-11)15(18)14-8-12-5-1-2-6-13(12)19-14/h8,11H,1-7,9-10H2. The minimum absolute atomic E-state index is 0.231.